The Labute approximate surface area is 124 Å². The van der Waals surface area contributed by atoms with Crippen molar-refractivity contribution in [3.63, 3.8) is 0 Å². The molecule has 0 radical (unpaired) electrons. The topological polar surface area (TPSA) is 50.2 Å². The predicted octanol–water partition coefficient (Wildman–Crippen LogP) is 1.26. The molecule has 5 nitrogen and oxygen atoms in total. The van der Waals surface area contributed by atoms with Crippen molar-refractivity contribution in [2.24, 2.45) is 13.0 Å². The van der Waals surface area contributed by atoms with Crippen molar-refractivity contribution < 1.29 is 4.79 Å². The lowest BCUT2D eigenvalue weighted by Gasteiger charge is -2.33. The highest BCUT2D eigenvalue weighted by Gasteiger charge is 2.34. The number of aryl methyl sites for hydroxylation is 1. The van der Waals surface area contributed by atoms with E-state index in [1.165, 1.54) is 5.75 Å². The number of carbonyl (C=O) groups is 1. The lowest BCUT2D eigenvalue weighted by Crippen LogP contribution is -2.54. The Morgan fingerprint density at radius 2 is 2.30 bits per heavy atom. The van der Waals surface area contributed by atoms with Gasteiger partial charge in [0, 0.05) is 37.7 Å². The number of aromatic nitrogens is 2. The monoisotopic (exact) mass is 294 g/mol. The number of carbonyl (C=O) groups excluding carboxylic acids is 1. The molecule has 0 aliphatic carbocycles. The first-order chi connectivity index (χ1) is 9.65. The number of hydrogen-bond acceptors (Lipinski definition) is 4. The molecule has 2 aliphatic heterocycles. The van der Waals surface area contributed by atoms with E-state index >= 15 is 0 Å². The maximum Gasteiger partial charge on any atom is 0.245 e. The molecule has 2 fully saturated rings. The molecule has 110 valence electrons. The van der Waals surface area contributed by atoms with Gasteiger partial charge in [-0.2, -0.15) is 16.9 Å². The molecule has 6 heteroatoms. The van der Waals surface area contributed by atoms with E-state index in [0.717, 1.165) is 31.0 Å². The van der Waals surface area contributed by atoms with Crippen LogP contribution in [0.15, 0.2) is 12.3 Å². The van der Waals surface area contributed by atoms with E-state index in [9.17, 15) is 4.79 Å². The zero-order chi connectivity index (χ0) is 14.1. The van der Waals surface area contributed by atoms with E-state index in [0.29, 0.717) is 12.0 Å². The summed E-state index contributed by atoms with van der Waals surface area (Å²) in [6.07, 6.45) is 3.86. The molecular weight excluding hydrogens is 272 g/mol. The van der Waals surface area contributed by atoms with Crippen LogP contribution in [0.3, 0.4) is 0 Å². The first-order valence-corrected chi connectivity index (χ1v) is 8.45. The van der Waals surface area contributed by atoms with Crippen LogP contribution < -0.4 is 10.2 Å². The maximum atomic E-state index is 12.6. The Morgan fingerprint density at radius 3 is 2.95 bits per heavy atom. The van der Waals surface area contributed by atoms with Gasteiger partial charge < -0.3 is 5.32 Å². The van der Waals surface area contributed by atoms with Crippen LogP contribution in [0.25, 0.3) is 0 Å². The van der Waals surface area contributed by atoms with Crippen LogP contribution in [0.4, 0.5) is 5.82 Å². The average molecular weight is 294 g/mol. The van der Waals surface area contributed by atoms with Crippen LogP contribution >= 0.6 is 11.8 Å². The highest BCUT2D eigenvalue weighted by atomic mass is 32.2. The highest BCUT2D eigenvalue weighted by Crippen LogP contribution is 2.26. The molecule has 3 rings (SSSR count). The van der Waals surface area contributed by atoms with E-state index in [-0.39, 0.29) is 11.9 Å². The fourth-order valence-corrected chi connectivity index (χ4v) is 4.36. The minimum Gasteiger partial charge on any atom is -0.302 e. The van der Waals surface area contributed by atoms with Crippen LogP contribution in [0, 0.1) is 5.92 Å². The minimum absolute atomic E-state index is 0.0445. The summed E-state index contributed by atoms with van der Waals surface area (Å²) in [5, 5.41) is 7.93. The second-order valence-corrected chi connectivity index (χ2v) is 6.90. The number of hydrogen-bond donors (Lipinski definition) is 1. The molecule has 2 saturated heterocycles. The fraction of sp³-hybridized carbons (Fsp3) is 0.714. The Kier molecular flexibility index (Phi) is 4.03. The Morgan fingerprint density at radius 1 is 1.45 bits per heavy atom. The number of nitrogens with zero attached hydrogens (tertiary/aromatic N) is 3. The summed E-state index contributed by atoms with van der Waals surface area (Å²) in [4.78, 5) is 14.5. The summed E-state index contributed by atoms with van der Waals surface area (Å²) in [5.74, 6) is 3.92. The Balaban J connectivity index is 1.68. The molecule has 0 saturated carbocycles. The van der Waals surface area contributed by atoms with Crippen molar-refractivity contribution in [1.29, 1.82) is 0 Å². The molecule has 1 aromatic heterocycles. The van der Waals surface area contributed by atoms with Gasteiger partial charge in [0.1, 0.15) is 0 Å². The number of amides is 1. The summed E-state index contributed by atoms with van der Waals surface area (Å²) in [6, 6.07) is 2.34. The SMILES string of the molecule is C[C@@H]1CSC[C@@H]1N[C@H]1CCCN(c2ccn(C)n2)C1=O. The molecule has 0 aromatic carbocycles. The normalized spacial score (nSPS) is 31.0. The first kappa shape index (κ1) is 13.9. The third-order valence-electron chi connectivity index (χ3n) is 4.20. The lowest BCUT2D eigenvalue weighted by atomic mass is 10.0. The number of piperidine rings is 1. The van der Waals surface area contributed by atoms with Gasteiger partial charge in [0.25, 0.3) is 0 Å². The highest BCUT2D eigenvalue weighted by molar-refractivity contribution is 7.99. The second kappa shape index (κ2) is 5.77. The fourth-order valence-electron chi connectivity index (χ4n) is 2.94. The van der Waals surface area contributed by atoms with Crippen molar-refractivity contribution in [2.75, 3.05) is 23.0 Å². The summed E-state index contributed by atoms with van der Waals surface area (Å²) in [7, 11) is 1.88. The quantitative estimate of drug-likeness (QED) is 0.912. The van der Waals surface area contributed by atoms with E-state index < -0.39 is 0 Å². The standard InChI is InChI=1S/C14H22N4OS/c1-10-8-20-9-12(10)15-11-4-3-6-18(14(11)19)13-5-7-17(2)16-13/h5,7,10-12,15H,3-4,6,8-9H2,1-2H3/t10-,11+,12+/m1/s1. The zero-order valence-corrected chi connectivity index (χ0v) is 12.9. The Hall–Kier alpha value is -1.01. The zero-order valence-electron chi connectivity index (χ0n) is 12.1. The van der Waals surface area contributed by atoms with Crippen molar-refractivity contribution in [3.8, 4) is 0 Å². The van der Waals surface area contributed by atoms with Gasteiger partial charge in [-0.25, -0.2) is 0 Å². The summed E-state index contributed by atoms with van der Waals surface area (Å²) >= 11 is 1.98. The average Bonchev–Trinajstić information content (AvgIpc) is 3.02. The van der Waals surface area contributed by atoms with Gasteiger partial charge in [-0.3, -0.25) is 14.4 Å². The molecule has 1 aromatic rings. The molecule has 3 heterocycles. The van der Waals surface area contributed by atoms with Gasteiger partial charge in [-0.15, -0.1) is 0 Å². The van der Waals surface area contributed by atoms with Crippen molar-refractivity contribution in [1.82, 2.24) is 15.1 Å². The first-order valence-electron chi connectivity index (χ1n) is 7.30. The van der Waals surface area contributed by atoms with E-state index in [1.54, 1.807) is 4.68 Å². The number of rotatable bonds is 3. The van der Waals surface area contributed by atoms with Crippen LogP contribution in [0.1, 0.15) is 19.8 Å². The van der Waals surface area contributed by atoms with Gasteiger partial charge >= 0.3 is 0 Å². The van der Waals surface area contributed by atoms with Crippen LogP contribution in [0.2, 0.25) is 0 Å². The summed E-state index contributed by atoms with van der Waals surface area (Å²) in [6.45, 7) is 3.05. The van der Waals surface area contributed by atoms with Crippen LogP contribution in [-0.4, -0.2) is 45.8 Å². The van der Waals surface area contributed by atoms with Gasteiger partial charge in [0.05, 0.1) is 6.04 Å². The Bertz CT molecular complexity index is 489. The van der Waals surface area contributed by atoms with E-state index in [1.807, 2.05) is 36.0 Å². The van der Waals surface area contributed by atoms with Gasteiger partial charge in [-0.05, 0) is 24.5 Å². The molecule has 0 bridgehead atoms. The van der Waals surface area contributed by atoms with Gasteiger partial charge in [0.2, 0.25) is 5.91 Å². The van der Waals surface area contributed by atoms with Crippen molar-refractivity contribution >= 4 is 23.5 Å². The summed E-state index contributed by atoms with van der Waals surface area (Å²) in [5.41, 5.74) is 0. The molecule has 0 spiro atoms. The summed E-state index contributed by atoms with van der Waals surface area (Å²) < 4.78 is 1.75. The largest absolute Gasteiger partial charge is 0.302 e. The third-order valence-corrected chi connectivity index (χ3v) is 5.55. The van der Waals surface area contributed by atoms with Crippen molar-refractivity contribution in [3.05, 3.63) is 12.3 Å². The minimum atomic E-state index is -0.0445. The molecule has 1 N–H and O–H groups in total. The molecule has 0 unspecified atom stereocenters. The maximum absolute atomic E-state index is 12.6. The van der Waals surface area contributed by atoms with Gasteiger partial charge in [-0.1, -0.05) is 6.92 Å². The molecule has 20 heavy (non-hydrogen) atoms. The second-order valence-electron chi connectivity index (χ2n) is 5.82. The van der Waals surface area contributed by atoms with E-state index in [4.69, 9.17) is 0 Å². The predicted molar refractivity (Wildman–Crippen MR) is 82.0 cm³/mol. The molecule has 3 atom stereocenters. The number of nitrogens with one attached hydrogen (secondary N) is 1. The molecular formula is C14H22N4OS. The lowest BCUT2D eigenvalue weighted by molar-refractivity contribution is -0.122. The van der Waals surface area contributed by atoms with E-state index in [2.05, 4.69) is 17.3 Å². The smallest absolute Gasteiger partial charge is 0.245 e. The van der Waals surface area contributed by atoms with Gasteiger partial charge in [0.15, 0.2) is 5.82 Å². The number of anilines is 1. The van der Waals surface area contributed by atoms with Crippen molar-refractivity contribution in [2.45, 2.75) is 31.8 Å². The molecule has 2 aliphatic rings. The van der Waals surface area contributed by atoms with Crippen LogP contribution in [0.5, 0.6) is 0 Å². The van der Waals surface area contributed by atoms with Crippen LogP contribution in [-0.2, 0) is 11.8 Å². The third kappa shape index (κ3) is 2.72. The molecule has 1 amide bonds. The number of thioether (sulfide) groups is 1.